The number of thiazole rings is 1. The van der Waals surface area contributed by atoms with Gasteiger partial charge in [-0.1, -0.05) is 30.3 Å². The Morgan fingerprint density at radius 3 is 2.42 bits per heavy atom. The zero-order valence-electron chi connectivity index (χ0n) is 15.1. The first-order valence-electron chi connectivity index (χ1n) is 8.62. The zero-order valence-corrected chi connectivity index (χ0v) is 15.9. The maximum Gasteiger partial charge on any atom is 0.407 e. The fourth-order valence-electron chi connectivity index (χ4n) is 2.69. The molecule has 0 unspecified atom stereocenters. The Hall–Kier alpha value is -2.41. The largest absolute Gasteiger partial charge is 0.444 e. The van der Waals surface area contributed by atoms with Gasteiger partial charge >= 0.3 is 6.09 Å². The molecule has 1 fully saturated rings. The summed E-state index contributed by atoms with van der Waals surface area (Å²) in [5, 5.41) is 6.23. The van der Waals surface area contributed by atoms with Crippen molar-refractivity contribution in [2.75, 3.05) is 0 Å². The molecule has 3 rings (SSSR count). The van der Waals surface area contributed by atoms with E-state index in [1.165, 1.54) is 11.3 Å². The van der Waals surface area contributed by atoms with Crippen molar-refractivity contribution in [1.82, 2.24) is 15.6 Å². The molecular weight excluding hydrogens is 350 g/mol. The molecule has 1 aliphatic rings. The average molecular weight is 373 g/mol. The van der Waals surface area contributed by atoms with E-state index in [2.05, 4.69) is 15.6 Å². The molecule has 1 aromatic heterocycles. The van der Waals surface area contributed by atoms with Crippen LogP contribution in [0.1, 0.15) is 43.4 Å². The van der Waals surface area contributed by atoms with Crippen LogP contribution in [0.3, 0.4) is 0 Å². The molecule has 2 aromatic rings. The van der Waals surface area contributed by atoms with Crippen LogP contribution in [0, 0.1) is 0 Å². The average Bonchev–Trinajstić information content (AvgIpc) is 3.02. The van der Waals surface area contributed by atoms with E-state index in [0.717, 1.165) is 10.4 Å². The lowest BCUT2D eigenvalue weighted by molar-refractivity contribution is 0.0465. The second-order valence-electron chi connectivity index (χ2n) is 7.38. The van der Waals surface area contributed by atoms with Crippen LogP contribution in [0.15, 0.2) is 36.5 Å². The van der Waals surface area contributed by atoms with Crippen molar-refractivity contribution in [3.05, 3.63) is 41.5 Å². The molecule has 1 aromatic carbocycles. The molecule has 138 valence electrons. The molecule has 0 atom stereocenters. The van der Waals surface area contributed by atoms with E-state index in [1.54, 1.807) is 6.20 Å². The fraction of sp³-hybridized carbons (Fsp3) is 0.421. The van der Waals surface area contributed by atoms with Gasteiger partial charge in [0, 0.05) is 18.3 Å². The summed E-state index contributed by atoms with van der Waals surface area (Å²) in [5.74, 6) is -0.169. The number of ether oxygens (including phenoxy) is 1. The molecule has 6 nitrogen and oxygen atoms in total. The SMILES string of the molecule is CC(C)(C)OC(=O)NC1CC(NC(=O)c2ncc(-c3ccccc3)s2)C1. The summed E-state index contributed by atoms with van der Waals surface area (Å²) in [7, 11) is 0. The summed E-state index contributed by atoms with van der Waals surface area (Å²) in [6.45, 7) is 5.48. The second kappa shape index (κ2) is 7.45. The Morgan fingerprint density at radius 1 is 1.12 bits per heavy atom. The monoisotopic (exact) mass is 373 g/mol. The number of rotatable bonds is 4. The normalized spacial score (nSPS) is 19.3. The minimum Gasteiger partial charge on any atom is -0.444 e. The number of hydrogen-bond acceptors (Lipinski definition) is 5. The van der Waals surface area contributed by atoms with Crippen LogP contribution in [0.5, 0.6) is 0 Å². The van der Waals surface area contributed by atoms with Crippen molar-refractivity contribution in [3.63, 3.8) is 0 Å². The summed E-state index contributed by atoms with van der Waals surface area (Å²) >= 11 is 1.38. The minimum absolute atomic E-state index is 0.0336. The summed E-state index contributed by atoms with van der Waals surface area (Å²) in [6.07, 6.45) is 2.70. The van der Waals surface area contributed by atoms with E-state index in [9.17, 15) is 9.59 Å². The van der Waals surface area contributed by atoms with Crippen LogP contribution >= 0.6 is 11.3 Å². The molecule has 1 heterocycles. The third kappa shape index (κ3) is 4.82. The molecule has 0 bridgehead atoms. The van der Waals surface area contributed by atoms with Gasteiger partial charge in [0.1, 0.15) is 5.60 Å². The minimum atomic E-state index is -0.511. The molecule has 1 aliphatic carbocycles. The number of alkyl carbamates (subject to hydrolysis) is 1. The first kappa shape index (κ1) is 18.4. The molecule has 26 heavy (non-hydrogen) atoms. The van der Waals surface area contributed by atoms with Gasteiger partial charge in [-0.15, -0.1) is 11.3 Å². The number of hydrogen-bond donors (Lipinski definition) is 2. The topological polar surface area (TPSA) is 80.3 Å². The van der Waals surface area contributed by atoms with Crippen molar-refractivity contribution in [2.45, 2.75) is 51.3 Å². The standard InChI is InChI=1S/C19H23N3O3S/c1-19(2,3)25-18(24)22-14-9-13(10-14)21-16(23)17-20-11-15(26-17)12-7-5-4-6-8-12/h4-8,11,13-14H,9-10H2,1-3H3,(H,21,23)(H,22,24). The second-order valence-corrected chi connectivity index (χ2v) is 8.41. The Kier molecular flexibility index (Phi) is 5.27. The lowest BCUT2D eigenvalue weighted by Crippen LogP contribution is -2.54. The highest BCUT2D eigenvalue weighted by Gasteiger charge is 2.33. The highest BCUT2D eigenvalue weighted by atomic mass is 32.1. The van der Waals surface area contributed by atoms with Crippen molar-refractivity contribution in [1.29, 1.82) is 0 Å². The van der Waals surface area contributed by atoms with Crippen LogP contribution in [0.4, 0.5) is 4.79 Å². The number of amides is 2. The summed E-state index contributed by atoms with van der Waals surface area (Å²) < 4.78 is 5.23. The lowest BCUT2D eigenvalue weighted by atomic mass is 9.87. The first-order valence-corrected chi connectivity index (χ1v) is 9.43. The van der Waals surface area contributed by atoms with Crippen molar-refractivity contribution >= 4 is 23.3 Å². The molecule has 0 spiro atoms. The Morgan fingerprint density at radius 2 is 1.77 bits per heavy atom. The highest BCUT2D eigenvalue weighted by Crippen LogP contribution is 2.26. The number of nitrogens with zero attached hydrogens (tertiary/aromatic N) is 1. The third-order valence-electron chi connectivity index (χ3n) is 3.95. The fourth-order valence-corrected chi connectivity index (χ4v) is 3.51. The van der Waals surface area contributed by atoms with E-state index < -0.39 is 11.7 Å². The Balaban J connectivity index is 1.46. The van der Waals surface area contributed by atoms with Crippen LogP contribution in [-0.2, 0) is 4.74 Å². The number of benzene rings is 1. The maximum atomic E-state index is 12.3. The predicted molar refractivity (Wildman–Crippen MR) is 101 cm³/mol. The summed E-state index contributed by atoms with van der Waals surface area (Å²) in [4.78, 5) is 29.2. The third-order valence-corrected chi connectivity index (χ3v) is 5.00. The molecule has 0 radical (unpaired) electrons. The number of carbonyl (C=O) groups excluding carboxylic acids is 2. The van der Waals surface area contributed by atoms with Gasteiger partial charge in [-0.2, -0.15) is 0 Å². The van der Waals surface area contributed by atoms with Crippen LogP contribution < -0.4 is 10.6 Å². The van der Waals surface area contributed by atoms with Crippen molar-refractivity contribution in [2.24, 2.45) is 0 Å². The van der Waals surface area contributed by atoms with Gasteiger partial charge in [0.25, 0.3) is 5.91 Å². The van der Waals surface area contributed by atoms with Gasteiger partial charge in [-0.3, -0.25) is 4.79 Å². The lowest BCUT2D eigenvalue weighted by Gasteiger charge is -2.36. The van der Waals surface area contributed by atoms with E-state index >= 15 is 0 Å². The van der Waals surface area contributed by atoms with E-state index in [4.69, 9.17) is 4.74 Å². The number of carbonyl (C=O) groups is 2. The van der Waals surface area contributed by atoms with Gasteiger partial charge in [0.05, 0.1) is 4.88 Å². The smallest absolute Gasteiger partial charge is 0.407 e. The first-order chi connectivity index (χ1) is 12.3. The van der Waals surface area contributed by atoms with E-state index in [-0.39, 0.29) is 18.0 Å². The van der Waals surface area contributed by atoms with Crippen LogP contribution in [0.25, 0.3) is 10.4 Å². The molecule has 0 aliphatic heterocycles. The van der Waals surface area contributed by atoms with Crippen molar-refractivity contribution in [3.8, 4) is 10.4 Å². The summed E-state index contributed by atoms with van der Waals surface area (Å²) in [6, 6.07) is 9.94. The van der Waals surface area contributed by atoms with Gasteiger partial charge in [0.15, 0.2) is 5.01 Å². The van der Waals surface area contributed by atoms with Crippen LogP contribution in [0.2, 0.25) is 0 Å². The highest BCUT2D eigenvalue weighted by molar-refractivity contribution is 7.16. The van der Waals surface area contributed by atoms with Crippen molar-refractivity contribution < 1.29 is 14.3 Å². The van der Waals surface area contributed by atoms with Gasteiger partial charge < -0.3 is 15.4 Å². The molecule has 2 N–H and O–H groups in total. The zero-order chi connectivity index (χ0) is 18.7. The van der Waals surface area contributed by atoms with E-state index in [0.29, 0.717) is 17.8 Å². The number of aromatic nitrogens is 1. The van der Waals surface area contributed by atoms with E-state index in [1.807, 2.05) is 51.1 Å². The van der Waals surface area contributed by atoms with Gasteiger partial charge in [0.2, 0.25) is 0 Å². The quantitative estimate of drug-likeness (QED) is 0.858. The van der Waals surface area contributed by atoms with Gasteiger partial charge in [-0.25, -0.2) is 9.78 Å². The summed E-state index contributed by atoms with van der Waals surface area (Å²) in [5.41, 5.74) is 0.539. The predicted octanol–water partition coefficient (Wildman–Crippen LogP) is 3.60. The Labute approximate surface area is 157 Å². The molecule has 1 saturated carbocycles. The molecule has 0 saturated heterocycles. The molecule has 7 heteroatoms. The maximum absolute atomic E-state index is 12.3. The molecular formula is C19H23N3O3S. The molecule has 2 amide bonds. The number of nitrogens with one attached hydrogen (secondary N) is 2. The van der Waals surface area contributed by atoms with Gasteiger partial charge in [-0.05, 0) is 39.2 Å². The Bertz CT molecular complexity index is 777. The van der Waals surface area contributed by atoms with Crippen LogP contribution in [-0.4, -0.2) is 34.7 Å².